The summed E-state index contributed by atoms with van der Waals surface area (Å²) in [6.45, 7) is 8.01. The Morgan fingerprint density at radius 3 is 2.41 bits per heavy atom. The average molecular weight is 364 g/mol. The first kappa shape index (κ1) is 18.2. The Kier molecular flexibility index (Phi) is 5.55. The van der Waals surface area contributed by atoms with Crippen LogP contribution in [0.3, 0.4) is 0 Å². The lowest BCUT2D eigenvalue weighted by atomic mass is 10.1. The van der Waals surface area contributed by atoms with Crippen LogP contribution in [0.1, 0.15) is 18.1 Å². The lowest BCUT2D eigenvalue weighted by molar-refractivity contribution is -0.123. The number of fused-ring (bicyclic) bond motifs is 1. The summed E-state index contributed by atoms with van der Waals surface area (Å²) in [5.41, 5.74) is 3.80. The summed E-state index contributed by atoms with van der Waals surface area (Å²) in [7, 11) is 0. The van der Waals surface area contributed by atoms with Gasteiger partial charge in [-0.05, 0) is 37.0 Å². The Hall–Kier alpha value is -2.17. The van der Waals surface area contributed by atoms with E-state index in [2.05, 4.69) is 65.3 Å². The Bertz CT molecular complexity index is 768. The van der Waals surface area contributed by atoms with Gasteiger partial charge >= 0.3 is 0 Å². The zero-order valence-electron chi connectivity index (χ0n) is 16.2. The molecule has 142 valence electrons. The van der Waals surface area contributed by atoms with Gasteiger partial charge < -0.3 is 9.80 Å². The molecule has 27 heavy (non-hydrogen) atoms. The minimum Gasteiger partial charge on any atom is -0.310 e. The lowest BCUT2D eigenvalue weighted by Crippen LogP contribution is -2.54. The molecule has 4 heteroatoms. The largest absolute Gasteiger partial charge is 0.310 e. The molecule has 2 aliphatic heterocycles. The maximum Gasteiger partial charge on any atom is 0.244 e. The SMILES string of the molecule is CC(C(=O)N1CCc2ccccc21)N1CCN(CCc2ccccc2)CC1. The molecule has 0 aliphatic carbocycles. The van der Waals surface area contributed by atoms with Crippen molar-refractivity contribution in [3.63, 3.8) is 0 Å². The van der Waals surface area contributed by atoms with Crippen LogP contribution < -0.4 is 4.90 Å². The van der Waals surface area contributed by atoms with Crippen LogP contribution in [0.15, 0.2) is 54.6 Å². The number of nitrogens with zero attached hydrogens (tertiary/aromatic N) is 3. The molecule has 2 aliphatic rings. The molecule has 1 fully saturated rings. The molecule has 2 heterocycles. The van der Waals surface area contributed by atoms with E-state index in [1.807, 2.05) is 11.0 Å². The number of para-hydroxylation sites is 1. The third-order valence-electron chi connectivity index (χ3n) is 6.02. The highest BCUT2D eigenvalue weighted by Gasteiger charge is 2.32. The van der Waals surface area contributed by atoms with Crippen molar-refractivity contribution in [3.8, 4) is 0 Å². The monoisotopic (exact) mass is 363 g/mol. The highest BCUT2D eigenvalue weighted by molar-refractivity contribution is 5.98. The third kappa shape index (κ3) is 4.07. The topological polar surface area (TPSA) is 26.8 Å². The number of hydrogen-bond donors (Lipinski definition) is 0. The first-order chi connectivity index (χ1) is 13.2. The zero-order valence-corrected chi connectivity index (χ0v) is 16.2. The number of benzene rings is 2. The second-order valence-corrected chi connectivity index (χ2v) is 7.66. The quantitative estimate of drug-likeness (QED) is 0.817. The molecule has 0 bridgehead atoms. The van der Waals surface area contributed by atoms with E-state index in [0.29, 0.717) is 0 Å². The van der Waals surface area contributed by atoms with E-state index in [0.717, 1.165) is 57.8 Å². The minimum atomic E-state index is -0.0487. The van der Waals surface area contributed by atoms with Gasteiger partial charge in [0.2, 0.25) is 5.91 Å². The summed E-state index contributed by atoms with van der Waals surface area (Å²) in [5, 5.41) is 0. The molecule has 0 aromatic heterocycles. The molecule has 1 saturated heterocycles. The van der Waals surface area contributed by atoms with E-state index in [1.165, 1.54) is 11.1 Å². The number of rotatable bonds is 5. The normalized spacial score (nSPS) is 19.1. The summed E-state index contributed by atoms with van der Waals surface area (Å²) in [4.78, 5) is 19.9. The Morgan fingerprint density at radius 2 is 1.63 bits per heavy atom. The van der Waals surface area contributed by atoms with Gasteiger partial charge in [-0.15, -0.1) is 0 Å². The van der Waals surface area contributed by atoms with E-state index in [9.17, 15) is 4.79 Å². The van der Waals surface area contributed by atoms with E-state index < -0.39 is 0 Å². The smallest absolute Gasteiger partial charge is 0.244 e. The maximum absolute atomic E-state index is 13.1. The van der Waals surface area contributed by atoms with Gasteiger partial charge in [0.05, 0.1) is 6.04 Å². The molecule has 0 spiro atoms. The third-order valence-corrected chi connectivity index (χ3v) is 6.02. The van der Waals surface area contributed by atoms with Crippen molar-refractivity contribution in [2.45, 2.75) is 25.8 Å². The van der Waals surface area contributed by atoms with Crippen molar-refractivity contribution >= 4 is 11.6 Å². The van der Waals surface area contributed by atoms with Crippen LogP contribution in [-0.2, 0) is 17.6 Å². The molecule has 2 aromatic rings. The highest BCUT2D eigenvalue weighted by Crippen LogP contribution is 2.28. The molecule has 1 amide bonds. The average Bonchev–Trinajstić information content (AvgIpc) is 3.16. The molecule has 0 radical (unpaired) electrons. The summed E-state index contributed by atoms with van der Waals surface area (Å²) >= 11 is 0. The fourth-order valence-electron chi connectivity index (χ4n) is 4.26. The molecular weight excluding hydrogens is 334 g/mol. The van der Waals surface area contributed by atoms with Crippen LogP contribution in [0.25, 0.3) is 0 Å². The standard InChI is InChI=1S/C23H29N3O/c1-19(23(27)26-14-12-21-9-5-6-10-22(21)26)25-17-15-24(16-18-25)13-11-20-7-3-2-4-8-20/h2-10,19H,11-18H2,1H3. The van der Waals surface area contributed by atoms with Gasteiger partial charge in [-0.2, -0.15) is 0 Å². The second kappa shape index (κ2) is 8.24. The summed E-state index contributed by atoms with van der Waals surface area (Å²) in [5.74, 6) is 0.248. The van der Waals surface area contributed by atoms with Crippen LogP contribution in [0.2, 0.25) is 0 Å². The summed E-state index contributed by atoms with van der Waals surface area (Å²) in [6.07, 6.45) is 2.07. The molecule has 0 saturated carbocycles. The van der Waals surface area contributed by atoms with Crippen LogP contribution >= 0.6 is 0 Å². The van der Waals surface area contributed by atoms with E-state index >= 15 is 0 Å². The highest BCUT2D eigenvalue weighted by atomic mass is 16.2. The summed E-state index contributed by atoms with van der Waals surface area (Å²) < 4.78 is 0. The fourth-order valence-corrected chi connectivity index (χ4v) is 4.26. The first-order valence-corrected chi connectivity index (χ1v) is 10.1. The lowest BCUT2D eigenvalue weighted by Gasteiger charge is -2.38. The fraction of sp³-hybridized carbons (Fsp3) is 0.435. The van der Waals surface area contributed by atoms with Crippen molar-refractivity contribution < 1.29 is 4.79 Å². The predicted molar refractivity (Wildman–Crippen MR) is 110 cm³/mol. The van der Waals surface area contributed by atoms with Gasteiger partial charge in [-0.1, -0.05) is 48.5 Å². The number of amides is 1. The first-order valence-electron chi connectivity index (χ1n) is 10.1. The van der Waals surface area contributed by atoms with E-state index in [4.69, 9.17) is 0 Å². The molecule has 4 rings (SSSR count). The molecule has 0 N–H and O–H groups in total. The van der Waals surface area contributed by atoms with Crippen molar-refractivity contribution in [2.75, 3.05) is 44.2 Å². The van der Waals surface area contributed by atoms with Gasteiger partial charge in [-0.25, -0.2) is 0 Å². The predicted octanol–water partition coefficient (Wildman–Crippen LogP) is 2.82. The number of anilines is 1. The van der Waals surface area contributed by atoms with E-state index in [-0.39, 0.29) is 11.9 Å². The van der Waals surface area contributed by atoms with Crippen molar-refractivity contribution in [3.05, 3.63) is 65.7 Å². The second-order valence-electron chi connectivity index (χ2n) is 7.66. The Balaban J connectivity index is 1.28. The molecular formula is C23H29N3O. The van der Waals surface area contributed by atoms with Gasteiger partial charge in [0.25, 0.3) is 0 Å². The number of piperazine rings is 1. The number of carbonyl (C=O) groups excluding carboxylic acids is 1. The number of hydrogen-bond acceptors (Lipinski definition) is 3. The van der Waals surface area contributed by atoms with Gasteiger partial charge in [-0.3, -0.25) is 9.69 Å². The Morgan fingerprint density at radius 1 is 0.926 bits per heavy atom. The van der Waals surface area contributed by atoms with Gasteiger partial charge in [0.15, 0.2) is 0 Å². The molecule has 1 unspecified atom stereocenters. The summed E-state index contributed by atoms with van der Waals surface area (Å²) in [6, 6.07) is 18.9. The van der Waals surface area contributed by atoms with Crippen LogP contribution in [0.4, 0.5) is 5.69 Å². The molecule has 2 aromatic carbocycles. The van der Waals surface area contributed by atoms with Gasteiger partial charge in [0.1, 0.15) is 0 Å². The van der Waals surface area contributed by atoms with Crippen LogP contribution in [-0.4, -0.2) is 61.0 Å². The van der Waals surface area contributed by atoms with E-state index in [1.54, 1.807) is 0 Å². The zero-order chi connectivity index (χ0) is 18.6. The van der Waals surface area contributed by atoms with Crippen molar-refractivity contribution in [1.29, 1.82) is 0 Å². The van der Waals surface area contributed by atoms with Crippen molar-refractivity contribution in [2.24, 2.45) is 0 Å². The Labute approximate surface area is 162 Å². The van der Waals surface area contributed by atoms with Crippen LogP contribution in [0.5, 0.6) is 0 Å². The van der Waals surface area contributed by atoms with Crippen molar-refractivity contribution in [1.82, 2.24) is 9.80 Å². The maximum atomic E-state index is 13.1. The molecule has 4 nitrogen and oxygen atoms in total. The van der Waals surface area contributed by atoms with Crippen LogP contribution in [0, 0.1) is 0 Å². The van der Waals surface area contributed by atoms with Gasteiger partial charge in [0, 0.05) is 45.0 Å². The number of carbonyl (C=O) groups is 1. The minimum absolute atomic E-state index is 0.0487. The molecule has 1 atom stereocenters.